The van der Waals surface area contributed by atoms with Gasteiger partial charge in [0.05, 0.1) is 11.1 Å². The second-order valence-corrected chi connectivity index (χ2v) is 4.43. The lowest BCUT2D eigenvalue weighted by atomic mass is 10.1. The van der Waals surface area contributed by atoms with Gasteiger partial charge in [0.2, 0.25) is 5.78 Å². The molecule has 3 N–H and O–H groups in total. The lowest BCUT2D eigenvalue weighted by Crippen LogP contribution is -2.29. The largest absolute Gasteiger partial charge is 0.486 e. The molecular formula is C14H12N2O5. The van der Waals surface area contributed by atoms with Gasteiger partial charge in [0.1, 0.15) is 30.1 Å². The Morgan fingerprint density at radius 3 is 3.05 bits per heavy atom. The van der Waals surface area contributed by atoms with Gasteiger partial charge in [-0.25, -0.2) is 5.84 Å². The highest BCUT2D eigenvalue weighted by molar-refractivity contribution is 6.02. The summed E-state index contributed by atoms with van der Waals surface area (Å²) in [4.78, 5) is 22.7. The van der Waals surface area contributed by atoms with Crippen LogP contribution in [-0.4, -0.2) is 18.3 Å². The van der Waals surface area contributed by atoms with E-state index >= 15 is 0 Å². The third-order valence-electron chi connectivity index (χ3n) is 3.04. The molecule has 0 bridgehead atoms. The fourth-order valence-corrected chi connectivity index (χ4v) is 1.98. The molecular weight excluding hydrogens is 276 g/mol. The standard InChI is InChI=1S/C14H12N2O5/c15-16-14(18)8-3-10(19-5-8)6-20-9-1-2-11-12(17)7-21-13(11)4-9/h1-5H,6-7,15H2,(H,16,18). The van der Waals surface area contributed by atoms with E-state index < -0.39 is 5.91 Å². The summed E-state index contributed by atoms with van der Waals surface area (Å²) in [6.45, 7) is 0.207. The number of benzene rings is 1. The molecule has 7 heteroatoms. The van der Waals surface area contributed by atoms with Crippen molar-refractivity contribution in [1.82, 2.24) is 5.43 Å². The number of hydrogen-bond donors (Lipinski definition) is 2. The highest BCUT2D eigenvalue weighted by Gasteiger charge is 2.21. The van der Waals surface area contributed by atoms with Crippen molar-refractivity contribution in [2.45, 2.75) is 6.61 Å². The molecule has 2 heterocycles. The molecule has 1 aliphatic heterocycles. The van der Waals surface area contributed by atoms with Gasteiger partial charge < -0.3 is 13.9 Å². The maximum absolute atomic E-state index is 11.4. The van der Waals surface area contributed by atoms with Gasteiger partial charge in [-0.1, -0.05) is 0 Å². The van der Waals surface area contributed by atoms with Crippen molar-refractivity contribution in [3.05, 3.63) is 47.4 Å². The molecule has 0 fully saturated rings. The van der Waals surface area contributed by atoms with Gasteiger partial charge in [-0.3, -0.25) is 15.0 Å². The summed E-state index contributed by atoms with van der Waals surface area (Å²) < 4.78 is 16.0. The second kappa shape index (κ2) is 5.29. The second-order valence-electron chi connectivity index (χ2n) is 4.43. The summed E-state index contributed by atoms with van der Waals surface area (Å²) in [6, 6.07) is 6.53. The molecule has 3 rings (SSSR count). The Morgan fingerprint density at radius 1 is 1.38 bits per heavy atom. The number of furan rings is 1. The number of fused-ring (bicyclic) bond motifs is 1. The number of carbonyl (C=O) groups excluding carboxylic acids is 2. The van der Waals surface area contributed by atoms with Gasteiger partial charge in [-0.05, 0) is 18.2 Å². The highest BCUT2D eigenvalue weighted by atomic mass is 16.5. The third kappa shape index (κ3) is 2.59. The minimum absolute atomic E-state index is 0.0416. The molecule has 21 heavy (non-hydrogen) atoms. The van der Waals surface area contributed by atoms with Crippen LogP contribution in [0.15, 0.2) is 34.9 Å². The first-order chi connectivity index (χ1) is 10.2. The minimum atomic E-state index is -0.436. The Hall–Kier alpha value is -2.80. The molecule has 0 unspecified atom stereocenters. The van der Waals surface area contributed by atoms with Crippen LogP contribution < -0.4 is 20.7 Å². The zero-order valence-corrected chi connectivity index (χ0v) is 10.9. The van der Waals surface area contributed by atoms with E-state index in [1.54, 1.807) is 18.2 Å². The number of nitrogens with two attached hydrogens (primary N) is 1. The van der Waals surface area contributed by atoms with Crippen LogP contribution >= 0.6 is 0 Å². The van der Waals surface area contributed by atoms with Gasteiger partial charge in [-0.2, -0.15) is 0 Å². The first-order valence-electron chi connectivity index (χ1n) is 6.18. The number of carbonyl (C=O) groups is 2. The van der Waals surface area contributed by atoms with Gasteiger partial charge in [0.25, 0.3) is 5.91 Å². The van der Waals surface area contributed by atoms with E-state index in [0.717, 1.165) is 0 Å². The summed E-state index contributed by atoms with van der Waals surface area (Å²) >= 11 is 0. The Bertz CT molecular complexity index is 707. The van der Waals surface area contributed by atoms with Crippen molar-refractivity contribution in [1.29, 1.82) is 0 Å². The third-order valence-corrected chi connectivity index (χ3v) is 3.04. The molecule has 0 saturated carbocycles. The van der Waals surface area contributed by atoms with Crippen LogP contribution in [0.2, 0.25) is 0 Å². The van der Waals surface area contributed by atoms with E-state index in [4.69, 9.17) is 19.7 Å². The normalized spacial score (nSPS) is 12.7. The Kier molecular flexibility index (Phi) is 3.33. The SMILES string of the molecule is NNC(=O)c1coc(COc2ccc3c(c2)OCC3=O)c1. The van der Waals surface area contributed by atoms with E-state index in [1.165, 1.54) is 12.3 Å². The average molecular weight is 288 g/mol. The molecule has 0 atom stereocenters. The van der Waals surface area contributed by atoms with E-state index in [0.29, 0.717) is 28.4 Å². The molecule has 1 aromatic heterocycles. The van der Waals surface area contributed by atoms with Crippen molar-refractivity contribution in [3.8, 4) is 11.5 Å². The van der Waals surface area contributed by atoms with Crippen molar-refractivity contribution < 1.29 is 23.5 Å². The molecule has 0 saturated heterocycles. The fourth-order valence-electron chi connectivity index (χ4n) is 1.98. The van der Waals surface area contributed by atoms with Crippen LogP contribution in [0, 0.1) is 0 Å². The number of hydrazine groups is 1. The number of ketones is 1. The summed E-state index contributed by atoms with van der Waals surface area (Å²) in [5, 5.41) is 0. The number of nitrogens with one attached hydrogen (secondary N) is 1. The Morgan fingerprint density at radius 2 is 2.24 bits per heavy atom. The number of nitrogen functional groups attached to an aromatic ring is 1. The van der Waals surface area contributed by atoms with Crippen LogP contribution in [-0.2, 0) is 6.61 Å². The lowest BCUT2D eigenvalue weighted by Gasteiger charge is -2.05. The minimum Gasteiger partial charge on any atom is -0.486 e. The number of ether oxygens (including phenoxy) is 2. The number of amides is 1. The maximum atomic E-state index is 11.4. The molecule has 0 radical (unpaired) electrons. The van der Waals surface area contributed by atoms with Gasteiger partial charge >= 0.3 is 0 Å². The van der Waals surface area contributed by atoms with Gasteiger partial charge in [0, 0.05) is 6.07 Å². The van der Waals surface area contributed by atoms with E-state index in [9.17, 15) is 9.59 Å². The predicted molar refractivity (Wildman–Crippen MR) is 71.0 cm³/mol. The topological polar surface area (TPSA) is 104 Å². The molecule has 7 nitrogen and oxygen atoms in total. The Balaban J connectivity index is 1.67. The first-order valence-corrected chi connectivity index (χ1v) is 6.18. The van der Waals surface area contributed by atoms with Crippen LogP contribution in [0.3, 0.4) is 0 Å². The summed E-state index contributed by atoms with van der Waals surface area (Å²) in [7, 11) is 0. The van der Waals surface area contributed by atoms with Gasteiger partial charge in [-0.15, -0.1) is 0 Å². The molecule has 1 amide bonds. The summed E-state index contributed by atoms with van der Waals surface area (Å²) in [5.74, 6) is 6.09. The molecule has 0 aliphatic carbocycles. The zero-order valence-electron chi connectivity index (χ0n) is 10.9. The van der Waals surface area contributed by atoms with E-state index in [1.807, 2.05) is 5.43 Å². The average Bonchev–Trinajstić information content (AvgIpc) is 3.12. The van der Waals surface area contributed by atoms with Crippen molar-refractivity contribution in [2.24, 2.45) is 5.84 Å². The quantitative estimate of drug-likeness (QED) is 0.495. The maximum Gasteiger partial charge on any atom is 0.268 e. The van der Waals surface area contributed by atoms with Crippen LogP contribution in [0.5, 0.6) is 11.5 Å². The van der Waals surface area contributed by atoms with Crippen LogP contribution in [0.4, 0.5) is 0 Å². The van der Waals surface area contributed by atoms with Crippen LogP contribution in [0.25, 0.3) is 0 Å². The van der Waals surface area contributed by atoms with Crippen molar-refractivity contribution in [3.63, 3.8) is 0 Å². The van der Waals surface area contributed by atoms with Crippen molar-refractivity contribution in [2.75, 3.05) is 6.61 Å². The molecule has 2 aromatic rings. The summed E-state index contributed by atoms with van der Waals surface area (Å²) in [6.07, 6.45) is 1.30. The first kappa shape index (κ1) is 13.2. The number of rotatable bonds is 4. The van der Waals surface area contributed by atoms with Crippen LogP contribution in [0.1, 0.15) is 26.5 Å². The molecule has 1 aliphatic rings. The molecule has 1 aromatic carbocycles. The predicted octanol–water partition coefficient (Wildman–Crippen LogP) is 1.04. The zero-order chi connectivity index (χ0) is 14.8. The smallest absolute Gasteiger partial charge is 0.268 e. The summed E-state index contributed by atoms with van der Waals surface area (Å²) in [5.41, 5.74) is 2.89. The number of Topliss-reactive ketones (excluding diaryl/α,β-unsaturated/α-hetero) is 1. The number of hydrogen-bond acceptors (Lipinski definition) is 6. The molecule has 108 valence electrons. The lowest BCUT2D eigenvalue weighted by molar-refractivity contribution is 0.0948. The fraction of sp³-hybridized carbons (Fsp3) is 0.143. The monoisotopic (exact) mass is 288 g/mol. The highest BCUT2D eigenvalue weighted by Crippen LogP contribution is 2.29. The molecule has 0 spiro atoms. The van der Waals surface area contributed by atoms with E-state index in [2.05, 4.69) is 0 Å². The van der Waals surface area contributed by atoms with Crippen molar-refractivity contribution >= 4 is 11.7 Å². The van der Waals surface area contributed by atoms with Gasteiger partial charge in [0.15, 0.2) is 6.61 Å². The Labute approximate surface area is 119 Å². The van der Waals surface area contributed by atoms with E-state index in [-0.39, 0.29) is 19.0 Å².